The number of hydrogen-bond donors (Lipinski definition) is 1. The molecule has 2 heterocycles. The highest BCUT2D eigenvalue weighted by atomic mass is 19.1. The maximum atomic E-state index is 12.9. The van der Waals surface area contributed by atoms with Crippen LogP contribution < -0.4 is 5.32 Å². The minimum Gasteiger partial charge on any atom is -0.382 e. The average molecular weight is 163 g/mol. The smallest absolute Gasteiger partial charge is 0.161 e. The number of pyridine rings is 1. The third-order valence-electron chi connectivity index (χ3n) is 1.89. The number of halogens is 1. The van der Waals surface area contributed by atoms with Crippen LogP contribution in [0.1, 0.15) is 11.3 Å². The van der Waals surface area contributed by atoms with Gasteiger partial charge in [-0.25, -0.2) is 4.39 Å². The highest BCUT2D eigenvalue weighted by Crippen LogP contribution is 2.25. The van der Waals surface area contributed by atoms with Gasteiger partial charge in [0.2, 0.25) is 0 Å². The molecule has 0 atom stereocenters. The lowest BCUT2D eigenvalue weighted by Gasteiger charge is -2.00. The molecule has 4 heteroatoms. The Kier molecular flexibility index (Phi) is 1.44. The Morgan fingerprint density at radius 2 is 2.50 bits per heavy atom. The van der Waals surface area contributed by atoms with Gasteiger partial charge < -0.3 is 5.32 Å². The molecule has 1 N–H and O–H groups in total. The first-order chi connectivity index (χ1) is 5.83. The summed E-state index contributed by atoms with van der Waals surface area (Å²) < 4.78 is 12.9. The van der Waals surface area contributed by atoms with Crippen LogP contribution >= 0.6 is 0 Å². The Hall–Kier alpha value is -1.63. The summed E-state index contributed by atoms with van der Waals surface area (Å²) in [4.78, 5) is 3.88. The Balaban J connectivity index is 2.67. The second kappa shape index (κ2) is 2.45. The fourth-order valence-corrected chi connectivity index (χ4v) is 1.32. The number of nitrogens with zero attached hydrogens (tertiary/aromatic N) is 2. The standard InChI is InChI=1S/C8H6FN3/c9-6-4-12-7-1-2-11-8(7)5(6)3-10/h4,11H,1-2H2. The third-order valence-corrected chi connectivity index (χ3v) is 1.89. The second-order valence-corrected chi connectivity index (χ2v) is 2.59. The van der Waals surface area contributed by atoms with Crippen LogP contribution in [0.3, 0.4) is 0 Å². The van der Waals surface area contributed by atoms with E-state index in [2.05, 4.69) is 10.3 Å². The number of nitriles is 1. The summed E-state index contributed by atoms with van der Waals surface area (Å²) >= 11 is 0. The zero-order chi connectivity index (χ0) is 8.55. The van der Waals surface area contributed by atoms with Crippen molar-refractivity contribution in [3.63, 3.8) is 0 Å². The summed E-state index contributed by atoms with van der Waals surface area (Å²) in [6.07, 6.45) is 1.87. The molecule has 0 spiro atoms. The fourth-order valence-electron chi connectivity index (χ4n) is 1.32. The normalized spacial score (nSPS) is 13.3. The SMILES string of the molecule is N#Cc1c(F)cnc2c1NCC2. The van der Waals surface area contributed by atoms with Gasteiger partial charge in [0, 0.05) is 13.0 Å². The minimum atomic E-state index is -0.550. The van der Waals surface area contributed by atoms with E-state index in [9.17, 15) is 4.39 Å². The largest absolute Gasteiger partial charge is 0.382 e. The van der Waals surface area contributed by atoms with Crippen LogP contribution in [0, 0.1) is 17.1 Å². The first-order valence-electron chi connectivity index (χ1n) is 3.64. The number of nitrogens with one attached hydrogen (secondary N) is 1. The van der Waals surface area contributed by atoms with Gasteiger partial charge in [-0.3, -0.25) is 4.98 Å². The summed E-state index contributed by atoms with van der Waals surface area (Å²) in [6.45, 7) is 0.737. The van der Waals surface area contributed by atoms with Crippen molar-refractivity contribution in [1.82, 2.24) is 4.98 Å². The minimum absolute atomic E-state index is 0.0810. The van der Waals surface area contributed by atoms with Gasteiger partial charge >= 0.3 is 0 Å². The topological polar surface area (TPSA) is 48.7 Å². The molecule has 0 radical (unpaired) electrons. The molecule has 0 saturated heterocycles. The number of fused-ring (bicyclic) bond motifs is 1. The van der Waals surface area contributed by atoms with E-state index in [4.69, 9.17) is 5.26 Å². The predicted molar refractivity (Wildman–Crippen MR) is 41.1 cm³/mol. The van der Waals surface area contributed by atoms with E-state index in [0.717, 1.165) is 24.9 Å². The molecule has 2 rings (SSSR count). The lowest BCUT2D eigenvalue weighted by molar-refractivity contribution is 0.617. The lowest BCUT2D eigenvalue weighted by atomic mass is 10.2. The monoisotopic (exact) mass is 163 g/mol. The maximum absolute atomic E-state index is 12.9. The molecule has 0 aromatic carbocycles. The van der Waals surface area contributed by atoms with E-state index in [1.165, 1.54) is 0 Å². The summed E-state index contributed by atoms with van der Waals surface area (Å²) in [7, 11) is 0. The summed E-state index contributed by atoms with van der Waals surface area (Å²) in [5.74, 6) is -0.550. The summed E-state index contributed by atoms with van der Waals surface area (Å²) in [5.41, 5.74) is 1.43. The molecule has 0 amide bonds. The van der Waals surface area contributed by atoms with Crippen molar-refractivity contribution >= 4 is 5.69 Å². The van der Waals surface area contributed by atoms with Gasteiger partial charge in [-0.15, -0.1) is 0 Å². The average Bonchev–Trinajstić information content (AvgIpc) is 2.52. The van der Waals surface area contributed by atoms with Gasteiger partial charge in [0.15, 0.2) is 5.82 Å². The Bertz CT molecular complexity index is 367. The van der Waals surface area contributed by atoms with Crippen molar-refractivity contribution in [2.24, 2.45) is 0 Å². The Morgan fingerprint density at radius 3 is 3.25 bits per heavy atom. The van der Waals surface area contributed by atoms with Crippen molar-refractivity contribution < 1.29 is 4.39 Å². The molecule has 0 aliphatic carbocycles. The first-order valence-corrected chi connectivity index (χ1v) is 3.64. The van der Waals surface area contributed by atoms with Crippen molar-refractivity contribution in [2.75, 3.05) is 11.9 Å². The van der Waals surface area contributed by atoms with Gasteiger partial charge in [-0.2, -0.15) is 5.26 Å². The Morgan fingerprint density at radius 1 is 1.67 bits per heavy atom. The molecular formula is C8H6FN3. The van der Waals surface area contributed by atoms with Crippen molar-refractivity contribution in [3.05, 3.63) is 23.3 Å². The predicted octanol–water partition coefficient (Wildman–Crippen LogP) is 1.06. The number of hydrogen-bond acceptors (Lipinski definition) is 3. The maximum Gasteiger partial charge on any atom is 0.161 e. The number of anilines is 1. The van der Waals surface area contributed by atoms with E-state index in [0.29, 0.717) is 5.69 Å². The van der Waals surface area contributed by atoms with Gasteiger partial charge in [0.05, 0.1) is 17.6 Å². The van der Waals surface area contributed by atoms with E-state index < -0.39 is 5.82 Å². The molecule has 3 nitrogen and oxygen atoms in total. The molecule has 60 valence electrons. The van der Waals surface area contributed by atoms with E-state index >= 15 is 0 Å². The van der Waals surface area contributed by atoms with Gasteiger partial charge in [-0.1, -0.05) is 0 Å². The molecule has 0 fully saturated rings. The van der Waals surface area contributed by atoms with Crippen LogP contribution in [0.25, 0.3) is 0 Å². The van der Waals surface area contributed by atoms with Crippen LogP contribution in [0.2, 0.25) is 0 Å². The van der Waals surface area contributed by atoms with Crippen molar-refractivity contribution in [3.8, 4) is 6.07 Å². The summed E-state index contributed by atoms with van der Waals surface area (Å²) in [6, 6.07) is 1.82. The van der Waals surface area contributed by atoms with Gasteiger partial charge in [-0.05, 0) is 0 Å². The molecule has 0 saturated carbocycles. The molecule has 1 aliphatic heterocycles. The number of rotatable bonds is 0. The van der Waals surface area contributed by atoms with Crippen molar-refractivity contribution in [2.45, 2.75) is 6.42 Å². The van der Waals surface area contributed by atoms with Crippen LogP contribution in [0.4, 0.5) is 10.1 Å². The molecule has 1 aliphatic rings. The van der Waals surface area contributed by atoms with Crippen molar-refractivity contribution in [1.29, 1.82) is 5.26 Å². The summed E-state index contributed by atoms with van der Waals surface area (Å²) in [5, 5.41) is 11.6. The highest BCUT2D eigenvalue weighted by Gasteiger charge is 2.18. The second-order valence-electron chi connectivity index (χ2n) is 2.59. The molecule has 0 bridgehead atoms. The molecule has 1 aromatic heterocycles. The zero-order valence-electron chi connectivity index (χ0n) is 6.26. The highest BCUT2D eigenvalue weighted by molar-refractivity contribution is 5.63. The fraction of sp³-hybridized carbons (Fsp3) is 0.250. The lowest BCUT2D eigenvalue weighted by Crippen LogP contribution is -1.96. The number of aromatic nitrogens is 1. The van der Waals surface area contributed by atoms with Crippen LogP contribution in [0.5, 0.6) is 0 Å². The van der Waals surface area contributed by atoms with Crippen LogP contribution in [0.15, 0.2) is 6.20 Å². The van der Waals surface area contributed by atoms with E-state index in [1.807, 2.05) is 6.07 Å². The van der Waals surface area contributed by atoms with Crippen LogP contribution in [-0.2, 0) is 6.42 Å². The molecule has 1 aromatic rings. The zero-order valence-corrected chi connectivity index (χ0v) is 6.26. The van der Waals surface area contributed by atoms with Gasteiger partial charge in [0.1, 0.15) is 11.6 Å². The first kappa shape index (κ1) is 7.04. The van der Waals surface area contributed by atoms with Gasteiger partial charge in [0.25, 0.3) is 0 Å². The molecule has 12 heavy (non-hydrogen) atoms. The quantitative estimate of drug-likeness (QED) is 0.622. The molecular weight excluding hydrogens is 157 g/mol. The van der Waals surface area contributed by atoms with E-state index in [-0.39, 0.29) is 5.56 Å². The Labute approximate surface area is 68.8 Å². The van der Waals surface area contributed by atoms with Crippen LogP contribution in [-0.4, -0.2) is 11.5 Å². The van der Waals surface area contributed by atoms with E-state index in [1.54, 1.807) is 0 Å². The third kappa shape index (κ3) is 0.832. The molecule has 0 unspecified atom stereocenters.